The Morgan fingerprint density at radius 2 is 2.10 bits per heavy atom. The zero-order valence-corrected chi connectivity index (χ0v) is 14.1. The van der Waals surface area contributed by atoms with Crippen molar-refractivity contribution in [1.82, 2.24) is 0 Å². The molecule has 2 nitrogen and oxygen atoms in total. The van der Waals surface area contributed by atoms with Gasteiger partial charge < -0.3 is 4.74 Å². The first-order chi connectivity index (χ1) is 10.3. The van der Waals surface area contributed by atoms with Crippen LogP contribution in [0.3, 0.4) is 0 Å². The lowest BCUT2D eigenvalue weighted by Crippen LogP contribution is -2.34. The highest BCUT2D eigenvalue weighted by atomic mass is 32.2. The second kappa shape index (κ2) is 7.21. The minimum Gasteiger partial charge on any atom is -0.373 e. The van der Waals surface area contributed by atoms with Gasteiger partial charge in [-0.15, -0.1) is 11.8 Å². The first-order valence-corrected chi connectivity index (χ1v) is 9.84. The van der Waals surface area contributed by atoms with Crippen LogP contribution >= 0.6 is 23.5 Å². The van der Waals surface area contributed by atoms with Gasteiger partial charge in [0.25, 0.3) is 0 Å². The van der Waals surface area contributed by atoms with Gasteiger partial charge in [0.05, 0.1) is 18.0 Å². The third-order valence-corrected chi connectivity index (χ3v) is 7.54. The van der Waals surface area contributed by atoms with Crippen molar-refractivity contribution in [2.45, 2.75) is 42.8 Å². The first kappa shape index (κ1) is 15.4. The number of hydrogen-bond donors (Lipinski definition) is 0. The van der Waals surface area contributed by atoms with Gasteiger partial charge in [-0.3, -0.25) is 4.79 Å². The van der Waals surface area contributed by atoms with Crippen molar-refractivity contribution < 1.29 is 9.53 Å². The maximum atomic E-state index is 12.7. The van der Waals surface area contributed by atoms with Gasteiger partial charge in [0, 0.05) is 23.2 Å². The van der Waals surface area contributed by atoms with E-state index in [0.29, 0.717) is 17.5 Å². The van der Waals surface area contributed by atoms with Crippen molar-refractivity contribution in [3.8, 4) is 0 Å². The summed E-state index contributed by atoms with van der Waals surface area (Å²) in [4.78, 5) is 12.7. The van der Waals surface area contributed by atoms with Gasteiger partial charge in [-0.1, -0.05) is 31.2 Å². The highest BCUT2D eigenvalue weighted by Gasteiger charge is 2.33. The molecule has 1 saturated heterocycles. The Balaban J connectivity index is 1.70. The van der Waals surface area contributed by atoms with Gasteiger partial charge in [-0.2, -0.15) is 11.8 Å². The maximum Gasteiger partial charge on any atom is 0.149 e. The minimum absolute atomic E-state index is 0.0347. The highest BCUT2D eigenvalue weighted by Crippen LogP contribution is 2.37. The molecule has 0 amide bonds. The standard InChI is InChI=1S/C17H22O2S2/c1-2-16-17(21-10-9-20-16)14(18)11-15-13-6-4-3-5-12(13)7-8-19-15/h3-6,15-17H,2,7-11H2,1H3. The summed E-state index contributed by atoms with van der Waals surface area (Å²) in [6.07, 6.45) is 2.54. The molecule has 0 spiro atoms. The lowest BCUT2D eigenvalue weighted by atomic mass is 9.93. The van der Waals surface area contributed by atoms with E-state index in [1.807, 2.05) is 29.6 Å². The van der Waals surface area contributed by atoms with E-state index in [0.717, 1.165) is 25.2 Å². The summed E-state index contributed by atoms with van der Waals surface area (Å²) in [7, 11) is 0. The van der Waals surface area contributed by atoms with E-state index >= 15 is 0 Å². The molecule has 114 valence electrons. The van der Waals surface area contributed by atoms with Crippen LogP contribution in [0.5, 0.6) is 0 Å². The number of thioether (sulfide) groups is 2. The fourth-order valence-electron chi connectivity index (χ4n) is 3.15. The predicted molar refractivity (Wildman–Crippen MR) is 91.2 cm³/mol. The zero-order chi connectivity index (χ0) is 14.7. The Morgan fingerprint density at radius 3 is 2.95 bits per heavy atom. The van der Waals surface area contributed by atoms with Crippen LogP contribution in [0.1, 0.15) is 37.0 Å². The predicted octanol–water partition coefficient (Wildman–Crippen LogP) is 3.89. The van der Waals surface area contributed by atoms with Gasteiger partial charge >= 0.3 is 0 Å². The Hall–Kier alpha value is -0.450. The number of benzene rings is 1. The van der Waals surface area contributed by atoms with Gasteiger partial charge in [0.15, 0.2) is 0 Å². The number of carbonyl (C=O) groups is 1. The molecule has 4 heteroatoms. The van der Waals surface area contributed by atoms with Crippen molar-refractivity contribution in [3.63, 3.8) is 0 Å². The number of Topliss-reactive ketones (excluding diaryl/α,β-unsaturated/α-hetero) is 1. The van der Waals surface area contributed by atoms with Gasteiger partial charge in [0.1, 0.15) is 5.78 Å². The van der Waals surface area contributed by atoms with E-state index < -0.39 is 0 Å². The van der Waals surface area contributed by atoms with E-state index in [4.69, 9.17) is 4.74 Å². The maximum absolute atomic E-state index is 12.7. The molecule has 2 aliphatic heterocycles. The van der Waals surface area contributed by atoms with Crippen LogP contribution in [0.2, 0.25) is 0 Å². The Bertz CT molecular complexity index is 503. The smallest absolute Gasteiger partial charge is 0.149 e. The van der Waals surface area contributed by atoms with Crippen LogP contribution in [0, 0.1) is 0 Å². The third-order valence-electron chi connectivity index (χ3n) is 4.25. The second-order valence-electron chi connectivity index (χ2n) is 5.59. The molecule has 0 saturated carbocycles. The van der Waals surface area contributed by atoms with E-state index in [9.17, 15) is 4.79 Å². The molecular formula is C17H22O2S2. The van der Waals surface area contributed by atoms with Crippen molar-refractivity contribution in [2.24, 2.45) is 0 Å². The monoisotopic (exact) mass is 322 g/mol. The van der Waals surface area contributed by atoms with Crippen LogP contribution < -0.4 is 0 Å². The average molecular weight is 322 g/mol. The molecule has 21 heavy (non-hydrogen) atoms. The van der Waals surface area contributed by atoms with Gasteiger partial charge in [-0.05, 0) is 24.0 Å². The molecule has 2 heterocycles. The van der Waals surface area contributed by atoms with Crippen molar-refractivity contribution in [3.05, 3.63) is 35.4 Å². The summed E-state index contributed by atoms with van der Waals surface area (Å²) in [5.74, 6) is 2.65. The fraction of sp³-hybridized carbons (Fsp3) is 0.588. The molecular weight excluding hydrogens is 300 g/mol. The van der Waals surface area contributed by atoms with Crippen molar-refractivity contribution >= 4 is 29.3 Å². The fourth-order valence-corrected chi connectivity index (χ4v) is 6.20. The second-order valence-corrected chi connectivity index (χ2v) is 8.18. The summed E-state index contributed by atoms with van der Waals surface area (Å²) in [5, 5.41) is 0.640. The summed E-state index contributed by atoms with van der Waals surface area (Å²) in [5.41, 5.74) is 2.57. The Kier molecular flexibility index (Phi) is 5.30. The number of hydrogen-bond acceptors (Lipinski definition) is 4. The first-order valence-electron chi connectivity index (χ1n) is 7.75. The summed E-state index contributed by atoms with van der Waals surface area (Å²) in [6, 6.07) is 8.40. The lowest BCUT2D eigenvalue weighted by molar-refractivity contribution is -0.121. The normalized spacial score (nSPS) is 28.9. The minimum atomic E-state index is -0.0347. The average Bonchev–Trinajstić information content (AvgIpc) is 2.55. The SMILES string of the molecule is CCC1SCCSC1C(=O)CC1OCCc2ccccc21. The molecule has 0 aromatic heterocycles. The molecule has 0 N–H and O–H groups in total. The lowest BCUT2D eigenvalue weighted by Gasteiger charge is -2.31. The molecule has 3 unspecified atom stereocenters. The van der Waals surface area contributed by atoms with Crippen LogP contribution in [-0.2, 0) is 16.0 Å². The Labute approximate surface area is 135 Å². The topological polar surface area (TPSA) is 26.3 Å². The van der Waals surface area contributed by atoms with E-state index in [2.05, 4.69) is 25.1 Å². The van der Waals surface area contributed by atoms with E-state index in [1.54, 1.807) is 0 Å². The molecule has 0 radical (unpaired) electrons. The van der Waals surface area contributed by atoms with Gasteiger partial charge in [0.2, 0.25) is 0 Å². The quantitative estimate of drug-likeness (QED) is 0.840. The molecule has 1 fully saturated rings. The molecule has 0 aliphatic carbocycles. The van der Waals surface area contributed by atoms with Crippen LogP contribution in [0.25, 0.3) is 0 Å². The highest BCUT2D eigenvalue weighted by molar-refractivity contribution is 8.07. The van der Waals surface area contributed by atoms with Crippen LogP contribution in [0.4, 0.5) is 0 Å². The summed E-state index contributed by atoms with van der Waals surface area (Å²) < 4.78 is 5.90. The van der Waals surface area contributed by atoms with Crippen LogP contribution in [0.15, 0.2) is 24.3 Å². The summed E-state index contributed by atoms with van der Waals surface area (Å²) in [6.45, 7) is 2.93. The van der Waals surface area contributed by atoms with Gasteiger partial charge in [-0.25, -0.2) is 0 Å². The number of carbonyl (C=O) groups excluding carboxylic acids is 1. The molecule has 0 bridgehead atoms. The van der Waals surface area contributed by atoms with Crippen LogP contribution in [-0.4, -0.2) is 34.4 Å². The molecule has 3 atom stereocenters. The largest absolute Gasteiger partial charge is 0.373 e. The van der Waals surface area contributed by atoms with E-state index in [1.165, 1.54) is 16.9 Å². The number of fused-ring (bicyclic) bond motifs is 1. The van der Waals surface area contributed by atoms with Crippen molar-refractivity contribution in [1.29, 1.82) is 0 Å². The van der Waals surface area contributed by atoms with E-state index in [-0.39, 0.29) is 11.4 Å². The molecule has 1 aromatic rings. The van der Waals surface area contributed by atoms with Crippen molar-refractivity contribution in [2.75, 3.05) is 18.1 Å². The molecule has 3 rings (SSSR count). The third kappa shape index (κ3) is 3.49. The number of rotatable bonds is 4. The molecule has 2 aliphatic rings. The number of ketones is 1. The zero-order valence-electron chi connectivity index (χ0n) is 12.4. The Morgan fingerprint density at radius 1 is 1.29 bits per heavy atom. The molecule has 1 aromatic carbocycles. The summed E-state index contributed by atoms with van der Waals surface area (Å²) >= 11 is 3.81. The number of ether oxygens (including phenoxy) is 1.